The number of terminal acetylenes is 1. The Morgan fingerprint density at radius 3 is 2.94 bits per heavy atom. The lowest BCUT2D eigenvalue weighted by Gasteiger charge is -2.02. The molecule has 6 nitrogen and oxygen atoms in total. The number of hydrogen-bond donors (Lipinski definition) is 1. The molecule has 0 saturated carbocycles. The van der Waals surface area contributed by atoms with Crippen LogP contribution >= 0.6 is 0 Å². The summed E-state index contributed by atoms with van der Waals surface area (Å²) in [6.07, 6.45) is 7.54. The molecule has 1 N–H and O–H groups in total. The maximum atomic E-state index is 11.9. The molecule has 0 spiro atoms. The Bertz CT molecular complexity index is 699. The summed E-state index contributed by atoms with van der Waals surface area (Å²) >= 11 is 0. The minimum Gasteiger partial charge on any atom is -0.317 e. The van der Waals surface area contributed by atoms with Crippen molar-refractivity contribution in [1.82, 2.24) is 19.1 Å². The van der Waals surface area contributed by atoms with Crippen LogP contribution in [-0.4, -0.2) is 19.1 Å². The highest BCUT2D eigenvalue weighted by Crippen LogP contribution is 2.03. The standard InChI is InChI=1S/C11H12N4O2/c1-3-5-14-7-12-8-9(14)13-11(17)15(6-4-2)10(8)16/h2,7H,3,5-6H2,1H3,(H,13,17). The molecule has 0 atom stereocenters. The van der Waals surface area contributed by atoms with E-state index in [9.17, 15) is 9.59 Å². The van der Waals surface area contributed by atoms with Gasteiger partial charge in [-0.1, -0.05) is 12.8 Å². The van der Waals surface area contributed by atoms with E-state index in [4.69, 9.17) is 6.42 Å². The third kappa shape index (κ3) is 1.76. The van der Waals surface area contributed by atoms with Gasteiger partial charge in [-0.25, -0.2) is 14.3 Å². The van der Waals surface area contributed by atoms with Crippen LogP contribution in [0.15, 0.2) is 15.9 Å². The van der Waals surface area contributed by atoms with Gasteiger partial charge < -0.3 is 4.57 Å². The Balaban J connectivity index is 2.75. The Hall–Kier alpha value is -2.29. The summed E-state index contributed by atoms with van der Waals surface area (Å²) in [5.74, 6) is 2.27. The fourth-order valence-electron chi connectivity index (χ4n) is 1.70. The van der Waals surface area contributed by atoms with Gasteiger partial charge in [0.1, 0.15) is 5.65 Å². The number of aryl methyl sites for hydroxylation is 1. The van der Waals surface area contributed by atoms with E-state index < -0.39 is 11.2 Å². The molecule has 0 aliphatic heterocycles. The van der Waals surface area contributed by atoms with E-state index in [2.05, 4.69) is 15.9 Å². The van der Waals surface area contributed by atoms with E-state index in [-0.39, 0.29) is 12.1 Å². The van der Waals surface area contributed by atoms with E-state index in [1.807, 2.05) is 6.92 Å². The highest BCUT2D eigenvalue weighted by molar-refractivity contribution is 5.68. The SMILES string of the molecule is C#CCn1c(=O)[nH]c2c(ncn2CCC)c1=O. The third-order valence-electron chi connectivity index (χ3n) is 2.47. The Morgan fingerprint density at radius 2 is 2.29 bits per heavy atom. The van der Waals surface area contributed by atoms with Gasteiger partial charge in [-0.05, 0) is 6.42 Å². The largest absolute Gasteiger partial charge is 0.330 e. The van der Waals surface area contributed by atoms with Crippen molar-refractivity contribution in [3.63, 3.8) is 0 Å². The number of nitrogens with one attached hydrogen (secondary N) is 1. The smallest absolute Gasteiger partial charge is 0.317 e. The van der Waals surface area contributed by atoms with Gasteiger partial charge in [-0.3, -0.25) is 9.78 Å². The molecule has 88 valence electrons. The van der Waals surface area contributed by atoms with Crippen LogP contribution in [0.25, 0.3) is 11.2 Å². The Labute approximate surface area is 96.9 Å². The average molecular weight is 232 g/mol. The van der Waals surface area contributed by atoms with Crippen molar-refractivity contribution in [2.24, 2.45) is 0 Å². The van der Waals surface area contributed by atoms with Crippen molar-refractivity contribution in [3.05, 3.63) is 27.2 Å². The van der Waals surface area contributed by atoms with Gasteiger partial charge in [0.15, 0.2) is 5.52 Å². The monoisotopic (exact) mass is 232 g/mol. The molecule has 0 aliphatic rings. The molecule has 2 aromatic heterocycles. The number of aromatic amines is 1. The lowest BCUT2D eigenvalue weighted by atomic mass is 10.4. The zero-order valence-corrected chi connectivity index (χ0v) is 9.43. The highest BCUT2D eigenvalue weighted by atomic mass is 16.2. The second kappa shape index (κ2) is 4.29. The van der Waals surface area contributed by atoms with Crippen molar-refractivity contribution in [2.45, 2.75) is 26.4 Å². The van der Waals surface area contributed by atoms with Gasteiger partial charge in [0.2, 0.25) is 0 Å². The van der Waals surface area contributed by atoms with E-state index in [0.717, 1.165) is 11.0 Å². The molecule has 0 unspecified atom stereocenters. The number of fused-ring (bicyclic) bond motifs is 1. The molecule has 0 fully saturated rings. The van der Waals surface area contributed by atoms with Gasteiger partial charge >= 0.3 is 5.69 Å². The fraction of sp³-hybridized carbons (Fsp3) is 0.364. The number of H-pyrrole nitrogens is 1. The minimum atomic E-state index is -0.502. The highest BCUT2D eigenvalue weighted by Gasteiger charge is 2.11. The van der Waals surface area contributed by atoms with Gasteiger partial charge in [-0.15, -0.1) is 6.42 Å². The van der Waals surface area contributed by atoms with Crippen LogP contribution in [0.1, 0.15) is 13.3 Å². The normalized spacial score (nSPS) is 10.6. The number of imidazole rings is 1. The first-order chi connectivity index (χ1) is 8.19. The quantitative estimate of drug-likeness (QED) is 0.753. The van der Waals surface area contributed by atoms with Gasteiger partial charge in [0, 0.05) is 6.54 Å². The van der Waals surface area contributed by atoms with Crippen LogP contribution in [0.4, 0.5) is 0 Å². The average Bonchev–Trinajstić information content (AvgIpc) is 2.68. The molecule has 2 aromatic rings. The summed E-state index contributed by atoms with van der Waals surface area (Å²) in [5, 5.41) is 0. The molecular formula is C11H12N4O2. The van der Waals surface area contributed by atoms with Crippen molar-refractivity contribution in [3.8, 4) is 12.3 Å². The zero-order chi connectivity index (χ0) is 12.4. The van der Waals surface area contributed by atoms with Crippen LogP contribution in [0.2, 0.25) is 0 Å². The summed E-state index contributed by atoms with van der Waals surface area (Å²) in [4.78, 5) is 30.2. The van der Waals surface area contributed by atoms with E-state index in [1.54, 1.807) is 10.9 Å². The first kappa shape index (κ1) is 11.2. The van der Waals surface area contributed by atoms with Crippen LogP contribution in [0, 0.1) is 12.3 Å². The Morgan fingerprint density at radius 1 is 1.53 bits per heavy atom. The summed E-state index contributed by atoms with van der Waals surface area (Å²) in [5.41, 5.74) is -0.252. The molecule has 2 heterocycles. The zero-order valence-electron chi connectivity index (χ0n) is 9.43. The fourth-order valence-corrected chi connectivity index (χ4v) is 1.70. The second-order valence-electron chi connectivity index (χ2n) is 3.66. The van der Waals surface area contributed by atoms with Gasteiger partial charge in [0.25, 0.3) is 5.56 Å². The van der Waals surface area contributed by atoms with E-state index in [0.29, 0.717) is 12.2 Å². The van der Waals surface area contributed by atoms with Crippen LogP contribution in [0.5, 0.6) is 0 Å². The summed E-state index contributed by atoms with van der Waals surface area (Å²) in [6.45, 7) is 2.65. The molecule has 0 amide bonds. The summed E-state index contributed by atoms with van der Waals surface area (Å²) in [7, 11) is 0. The predicted molar refractivity (Wildman–Crippen MR) is 63.7 cm³/mol. The topological polar surface area (TPSA) is 72.7 Å². The third-order valence-corrected chi connectivity index (χ3v) is 2.47. The van der Waals surface area contributed by atoms with Crippen molar-refractivity contribution in [2.75, 3.05) is 0 Å². The van der Waals surface area contributed by atoms with Crippen LogP contribution < -0.4 is 11.2 Å². The molecule has 0 aromatic carbocycles. The van der Waals surface area contributed by atoms with Crippen LogP contribution in [-0.2, 0) is 13.1 Å². The molecule has 0 saturated heterocycles. The first-order valence-electron chi connectivity index (χ1n) is 5.30. The molecule has 0 radical (unpaired) electrons. The molecule has 6 heteroatoms. The minimum absolute atomic E-state index is 0.0508. The van der Waals surface area contributed by atoms with Gasteiger partial charge in [-0.2, -0.15) is 0 Å². The van der Waals surface area contributed by atoms with Crippen molar-refractivity contribution >= 4 is 11.2 Å². The van der Waals surface area contributed by atoms with Crippen molar-refractivity contribution in [1.29, 1.82) is 0 Å². The summed E-state index contributed by atoms with van der Waals surface area (Å²) in [6, 6.07) is 0. The number of aromatic nitrogens is 4. The molecule has 0 bridgehead atoms. The van der Waals surface area contributed by atoms with Crippen molar-refractivity contribution < 1.29 is 0 Å². The molecular weight excluding hydrogens is 220 g/mol. The van der Waals surface area contributed by atoms with Crippen LogP contribution in [0.3, 0.4) is 0 Å². The Kier molecular flexibility index (Phi) is 2.83. The molecule has 2 rings (SSSR count). The molecule has 0 aliphatic carbocycles. The maximum Gasteiger partial charge on any atom is 0.330 e. The lowest BCUT2D eigenvalue weighted by Crippen LogP contribution is -2.35. The van der Waals surface area contributed by atoms with E-state index in [1.165, 1.54) is 0 Å². The number of nitrogens with zero attached hydrogens (tertiary/aromatic N) is 3. The van der Waals surface area contributed by atoms with E-state index >= 15 is 0 Å². The number of rotatable bonds is 3. The predicted octanol–water partition coefficient (Wildman–Crippen LogP) is -0.0705. The second-order valence-corrected chi connectivity index (χ2v) is 3.66. The lowest BCUT2D eigenvalue weighted by molar-refractivity contribution is 0.682. The number of hydrogen-bond acceptors (Lipinski definition) is 3. The van der Waals surface area contributed by atoms with Gasteiger partial charge in [0.05, 0.1) is 12.9 Å². The maximum absolute atomic E-state index is 11.9. The summed E-state index contributed by atoms with van der Waals surface area (Å²) < 4.78 is 2.71. The first-order valence-corrected chi connectivity index (χ1v) is 5.30. The molecule has 17 heavy (non-hydrogen) atoms.